The Morgan fingerprint density at radius 3 is 2.38 bits per heavy atom. The van der Waals surface area contributed by atoms with Crippen molar-refractivity contribution in [3.63, 3.8) is 0 Å². The Labute approximate surface area is 187 Å². The second-order valence-corrected chi connectivity index (χ2v) is 7.46. The first-order chi connectivity index (χ1) is 15.7. The fourth-order valence-electron chi connectivity index (χ4n) is 3.69. The van der Waals surface area contributed by atoms with Crippen LogP contribution in [0.25, 0.3) is 17.1 Å². The van der Waals surface area contributed by atoms with Crippen molar-refractivity contribution in [1.29, 1.82) is 0 Å². The summed E-state index contributed by atoms with van der Waals surface area (Å²) in [6, 6.07) is 23.8. The molecule has 0 fully saturated rings. The Balaban J connectivity index is 1.59. The predicted molar refractivity (Wildman–Crippen MR) is 126 cm³/mol. The van der Waals surface area contributed by atoms with Crippen molar-refractivity contribution in [1.82, 2.24) is 14.5 Å². The number of para-hydroxylation sites is 1. The molecule has 4 rings (SSSR count). The molecule has 0 saturated heterocycles. The maximum Gasteiger partial charge on any atom is 0.225 e. The zero-order valence-corrected chi connectivity index (χ0v) is 18.3. The van der Waals surface area contributed by atoms with E-state index in [2.05, 4.69) is 9.56 Å². The summed E-state index contributed by atoms with van der Waals surface area (Å²) >= 11 is 0. The van der Waals surface area contributed by atoms with Crippen molar-refractivity contribution < 1.29 is 9.21 Å². The lowest BCUT2D eigenvalue weighted by Crippen LogP contribution is -2.35. The highest BCUT2D eigenvalue weighted by Gasteiger charge is 2.19. The van der Waals surface area contributed by atoms with E-state index in [1.165, 1.54) is 0 Å². The normalized spacial score (nSPS) is 11.5. The maximum atomic E-state index is 12.4. The van der Waals surface area contributed by atoms with Crippen LogP contribution >= 0.6 is 0 Å². The molecule has 0 aliphatic rings. The molecule has 4 aromatic rings. The molecule has 2 aromatic heterocycles. The number of benzene rings is 2. The van der Waals surface area contributed by atoms with Crippen LogP contribution in [0, 0.1) is 0 Å². The molecule has 0 atom stereocenters. The van der Waals surface area contributed by atoms with Gasteiger partial charge in [-0.25, -0.2) is 4.98 Å². The lowest BCUT2D eigenvalue weighted by Gasteiger charge is -2.23. The molecule has 1 amide bonds. The number of nitrogens with zero attached hydrogens (tertiary/aromatic N) is 4. The van der Waals surface area contributed by atoms with Gasteiger partial charge in [0.15, 0.2) is 5.76 Å². The van der Waals surface area contributed by atoms with Gasteiger partial charge in [-0.15, -0.1) is 0 Å². The second-order valence-electron chi connectivity index (χ2n) is 7.46. The largest absolute Gasteiger partial charge is 0.463 e. The number of furan rings is 1. The van der Waals surface area contributed by atoms with Gasteiger partial charge in [0.2, 0.25) is 5.91 Å². The molecule has 0 spiro atoms. The molecule has 2 aromatic carbocycles. The highest BCUT2D eigenvalue weighted by atomic mass is 16.3. The first-order valence-electron chi connectivity index (χ1n) is 10.6. The minimum Gasteiger partial charge on any atom is -0.463 e. The predicted octanol–water partition coefficient (Wildman–Crippen LogP) is 5.14. The highest BCUT2D eigenvalue weighted by Crippen LogP contribution is 2.23. The number of amides is 1. The van der Waals surface area contributed by atoms with Crippen molar-refractivity contribution in [3.8, 4) is 17.1 Å². The average Bonchev–Trinajstić information content (AvgIpc) is 3.50. The summed E-state index contributed by atoms with van der Waals surface area (Å²) in [5.41, 5.74) is 2.86. The smallest absolute Gasteiger partial charge is 0.225 e. The van der Waals surface area contributed by atoms with Crippen molar-refractivity contribution in [2.24, 2.45) is 4.99 Å². The molecule has 6 nitrogen and oxygen atoms in total. The number of aryl methyl sites for hydroxylation is 1. The van der Waals surface area contributed by atoms with Crippen LogP contribution < -0.4 is 0 Å². The molecular formula is C26H26N4O2. The van der Waals surface area contributed by atoms with E-state index in [1.54, 1.807) is 25.1 Å². The number of imidazole rings is 1. The van der Waals surface area contributed by atoms with Crippen LogP contribution in [0.1, 0.15) is 24.7 Å². The van der Waals surface area contributed by atoms with E-state index in [9.17, 15) is 4.79 Å². The molecule has 32 heavy (non-hydrogen) atoms. The Hall–Kier alpha value is -3.93. The molecule has 0 radical (unpaired) electrons. The highest BCUT2D eigenvalue weighted by molar-refractivity contribution is 5.97. The molecule has 162 valence electrons. The number of aromatic nitrogens is 2. The number of hydrogen-bond donors (Lipinski definition) is 0. The third kappa shape index (κ3) is 4.86. The molecule has 6 heteroatoms. The van der Waals surface area contributed by atoms with Gasteiger partial charge in [0, 0.05) is 38.7 Å². The van der Waals surface area contributed by atoms with Gasteiger partial charge in [-0.3, -0.25) is 14.7 Å². The lowest BCUT2D eigenvalue weighted by molar-refractivity contribution is -0.125. The summed E-state index contributed by atoms with van der Waals surface area (Å²) in [6.07, 6.45) is 4.84. The Morgan fingerprint density at radius 2 is 1.75 bits per heavy atom. The lowest BCUT2D eigenvalue weighted by atomic mass is 10.2. The van der Waals surface area contributed by atoms with Crippen LogP contribution in [0.4, 0.5) is 0 Å². The topological polar surface area (TPSA) is 63.6 Å². The molecule has 0 unspecified atom stereocenters. The summed E-state index contributed by atoms with van der Waals surface area (Å²) in [4.78, 5) is 23.4. The third-order valence-electron chi connectivity index (χ3n) is 5.29. The van der Waals surface area contributed by atoms with Crippen LogP contribution in [0.2, 0.25) is 0 Å². The van der Waals surface area contributed by atoms with Gasteiger partial charge in [0.05, 0.1) is 12.8 Å². The van der Waals surface area contributed by atoms with E-state index in [1.807, 2.05) is 79.0 Å². The standard InChI is InChI=1S/C26H26N4O2/c1-20(31)29(18-21-10-5-3-6-11-21)25(27-2)15-16-26-28-23(24-14-9-17-32-24)19-30(26)22-12-7-4-8-13-22/h3-14,17,19H,15-16,18H2,1-2H3/b27-25-. The number of hydrogen-bond acceptors (Lipinski definition) is 4. The van der Waals surface area contributed by atoms with Crippen LogP contribution in [-0.2, 0) is 17.8 Å². The summed E-state index contributed by atoms with van der Waals surface area (Å²) in [6.45, 7) is 2.07. The van der Waals surface area contributed by atoms with Crippen molar-refractivity contribution >= 4 is 11.7 Å². The number of carbonyl (C=O) groups is 1. The van der Waals surface area contributed by atoms with Gasteiger partial charge in [-0.1, -0.05) is 48.5 Å². The monoisotopic (exact) mass is 426 g/mol. The zero-order valence-electron chi connectivity index (χ0n) is 18.3. The number of carbonyl (C=O) groups excluding carboxylic acids is 1. The van der Waals surface area contributed by atoms with Gasteiger partial charge in [0.25, 0.3) is 0 Å². The zero-order chi connectivity index (χ0) is 22.3. The molecular weight excluding hydrogens is 400 g/mol. The fraction of sp³-hybridized carbons (Fsp3) is 0.192. The van der Waals surface area contributed by atoms with Crippen molar-refractivity contribution in [3.05, 3.63) is 96.6 Å². The van der Waals surface area contributed by atoms with E-state index < -0.39 is 0 Å². The van der Waals surface area contributed by atoms with Gasteiger partial charge in [0.1, 0.15) is 17.4 Å². The van der Waals surface area contributed by atoms with Crippen molar-refractivity contribution in [2.75, 3.05) is 7.05 Å². The van der Waals surface area contributed by atoms with E-state index >= 15 is 0 Å². The minimum atomic E-state index is -0.0304. The van der Waals surface area contributed by atoms with Gasteiger partial charge < -0.3 is 8.98 Å². The minimum absolute atomic E-state index is 0.0304. The summed E-state index contributed by atoms with van der Waals surface area (Å²) in [5, 5.41) is 0. The average molecular weight is 427 g/mol. The number of rotatable bonds is 7. The number of amidine groups is 1. The van der Waals surface area contributed by atoms with Crippen molar-refractivity contribution in [2.45, 2.75) is 26.3 Å². The molecule has 0 aliphatic carbocycles. The Bertz CT molecular complexity index is 1180. The third-order valence-corrected chi connectivity index (χ3v) is 5.29. The van der Waals surface area contributed by atoms with Crippen LogP contribution in [0.3, 0.4) is 0 Å². The quantitative estimate of drug-likeness (QED) is 0.304. The first kappa shape index (κ1) is 21.3. The van der Waals surface area contributed by atoms with Crippen LogP contribution in [0.15, 0.2) is 94.7 Å². The van der Waals surface area contributed by atoms with E-state index in [4.69, 9.17) is 9.40 Å². The SMILES string of the molecule is C/N=C(/CCc1nc(-c2ccco2)cn1-c1ccccc1)N(Cc1ccccc1)C(C)=O. The first-order valence-corrected chi connectivity index (χ1v) is 10.6. The van der Waals surface area contributed by atoms with Gasteiger partial charge in [-0.05, 0) is 29.8 Å². The van der Waals surface area contributed by atoms with E-state index in [0.717, 1.165) is 34.4 Å². The molecule has 0 saturated carbocycles. The van der Waals surface area contributed by atoms with Gasteiger partial charge >= 0.3 is 0 Å². The number of aliphatic imine (C=N–C) groups is 1. The van der Waals surface area contributed by atoms with Crippen LogP contribution in [0.5, 0.6) is 0 Å². The van der Waals surface area contributed by atoms with E-state index in [0.29, 0.717) is 19.4 Å². The van der Waals surface area contributed by atoms with Crippen LogP contribution in [-0.4, -0.2) is 33.2 Å². The molecule has 2 heterocycles. The Kier molecular flexibility index (Phi) is 6.60. The molecule has 0 bridgehead atoms. The Morgan fingerprint density at radius 1 is 1.03 bits per heavy atom. The molecule has 0 aliphatic heterocycles. The summed E-state index contributed by atoms with van der Waals surface area (Å²) in [7, 11) is 1.73. The fourth-order valence-corrected chi connectivity index (χ4v) is 3.69. The summed E-state index contributed by atoms with van der Waals surface area (Å²) in [5.74, 6) is 2.31. The maximum absolute atomic E-state index is 12.4. The second kappa shape index (κ2) is 9.92. The molecule has 0 N–H and O–H groups in total. The summed E-state index contributed by atoms with van der Waals surface area (Å²) < 4.78 is 7.62. The van der Waals surface area contributed by atoms with E-state index in [-0.39, 0.29) is 5.91 Å². The van der Waals surface area contributed by atoms with Gasteiger partial charge in [-0.2, -0.15) is 0 Å².